The van der Waals surface area contributed by atoms with Crippen molar-refractivity contribution >= 4 is 23.4 Å². The fourth-order valence-electron chi connectivity index (χ4n) is 3.44. The molecule has 7 heteroatoms. The molecule has 1 N–H and O–H groups in total. The molecule has 0 aliphatic carbocycles. The average Bonchev–Trinajstić information content (AvgIpc) is 3.27. The number of rotatable bonds is 5. The highest BCUT2D eigenvalue weighted by Gasteiger charge is 2.26. The van der Waals surface area contributed by atoms with Crippen molar-refractivity contribution in [2.45, 2.75) is 20.4 Å². The molecule has 0 spiro atoms. The SMILES string of the molecule is Cc1cc(C)n(Cc2cccc(C(=O)Nc3ccccc3N3CCOC3=O)c2)n1. The van der Waals surface area contributed by atoms with Crippen LogP contribution in [0.4, 0.5) is 16.2 Å². The van der Waals surface area contributed by atoms with E-state index >= 15 is 0 Å². The lowest BCUT2D eigenvalue weighted by Gasteiger charge is -2.17. The first-order chi connectivity index (χ1) is 14.0. The summed E-state index contributed by atoms with van der Waals surface area (Å²) in [6.07, 6.45) is -0.404. The van der Waals surface area contributed by atoms with Crippen LogP contribution in [0, 0.1) is 13.8 Å². The summed E-state index contributed by atoms with van der Waals surface area (Å²) in [6, 6.07) is 16.7. The number of carbonyl (C=O) groups excluding carboxylic acids is 2. The van der Waals surface area contributed by atoms with Crippen molar-refractivity contribution < 1.29 is 14.3 Å². The second kappa shape index (κ2) is 7.79. The smallest absolute Gasteiger partial charge is 0.414 e. The second-order valence-electron chi connectivity index (χ2n) is 7.02. The van der Waals surface area contributed by atoms with Crippen LogP contribution in [-0.2, 0) is 11.3 Å². The molecule has 0 radical (unpaired) electrons. The molecule has 7 nitrogen and oxygen atoms in total. The van der Waals surface area contributed by atoms with Crippen molar-refractivity contribution in [2.75, 3.05) is 23.4 Å². The highest BCUT2D eigenvalue weighted by Crippen LogP contribution is 2.28. The van der Waals surface area contributed by atoms with Crippen LogP contribution in [0.25, 0.3) is 0 Å². The summed E-state index contributed by atoms with van der Waals surface area (Å²) in [6.45, 7) is 5.37. The molecule has 29 heavy (non-hydrogen) atoms. The first-order valence-corrected chi connectivity index (χ1v) is 9.46. The fraction of sp³-hybridized carbons (Fsp3) is 0.227. The zero-order chi connectivity index (χ0) is 20.4. The van der Waals surface area contributed by atoms with Gasteiger partial charge in [-0.3, -0.25) is 14.4 Å². The van der Waals surface area contributed by atoms with Gasteiger partial charge in [0.15, 0.2) is 0 Å². The van der Waals surface area contributed by atoms with Crippen molar-refractivity contribution in [2.24, 2.45) is 0 Å². The third-order valence-electron chi connectivity index (χ3n) is 4.83. The molecule has 2 aromatic carbocycles. The predicted molar refractivity (Wildman–Crippen MR) is 110 cm³/mol. The topological polar surface area (TPSA) is 76.5 Å². The number of cyclic esters (lactones) is 1. The lowest BCUT2D eigenvalue weighted by molar-refractivity contribution is 0.102. The molecule has 0 atom stereocenters. The maximum atomic E-state index is 12.9. The number of para-hydroxylation sites is 2. The third kappa shape index (κ3) is 3.99. The summed E-state index contributed by atoms with van der Waals surface area (Å²) in [5, 5.41) is 7.40. The van der Waals surface area contributed by atoms with Gasteiger partial charge in [0.1, 0.15) is 6.61 Å². The Morgan fingerprint density at radius 3 is 2.69 bits per heavy atom. The number of amides is 2. The van der Waals surface area contributed by atoms with Crippen LogP contribution in [0.1, 0.15) is 27.3 Å². The number of carbonyl (C=O) groups is 2. The Balaban J connectivity index is 1.54. The van der Waals surface area contributed by atoms with E-state index in [2.05, 4.69) is 10.4 Å². The van der Waals surface area contributed by atoms with Gasteiger partial charge in [-0.25, -0.2) is 4.79 Å². The summed E-state index contributed by atoms with van der Waals surface area (Å²) >= 11 is 0. The Bertz CT molecular complexity index is 1070. The summed E-state index contributed by atoms with van der Waals surface area (Å²) in [5.74, 6) is -0.236. The van der Waals surface area contributed by atoms with E-state index in [-0.39, 0.29) is 5.91 Å². The van der Waals surface area contributed by atoms with E-state index in [1.165, 1.54) is 4.90 Å². The van der Waals surface area contributed by atoms with Gasteiger partial charge in [0.05, 0.1) is 30.2 Å². The molecule has 1 aliphatic rings. The molecule has 1 fully saturated rings. The predicted octanol–water partition coefficient (Wildman–Crippen LogP) is 3.76. The zero-order valence-electron chi connectivity index (χ0n) is 16.4. The van der Waals surface area contributed by atoms with Gasteiger partial charge in [-0.05, 0) is 49.7 Å². The van der Waals surface area contributed by atoms with E-state index in [0.29, 0.717) is 36.6 Å². The van der Waals surface area contributed by atoms with Crippen molar-refractivity contribution in [3.05, 3.63) is 77.1 Å². The second-order valence-corrected chi connectivity index (χ2v) is 7.02. The van der Waals surface area contributed by atoms with Crippen LogP contribution in [-0.4, -0.2) is 34.9 Å². The third-order valence-corrected chi connectivity index (χ3v) is 4.83. The van der Waals surface area contributed by atoms with Gasteiger partial charge in [-0.15, -0.1) is 0 Å². The zero-order valence-corrected chi connectivity index (χ0v) is 16.4. The molecular weight excluding hydrogens is 368 g/mol. The molecule has 3 aromatic rings. The molecule has 0 unspecified atom stereocenters. The Labute approximate surface area is 168 Å². The first kappa shape index (κ1) is 18.7. The minimum Gasteiger partial charge on any atom is -0.447 e. The molecule has 148 valence electrons. The number of hydrogen-bond acceptors (Lipinski definition) is 4. The van der Waals surface area contributed by atoms with E-state index in [0.717, 1.165) is 17.0 Å². The largest absolute Gasteiger partial charge is 0.447 e. The quantitative estimate of drug-likeness (QED) is 0.720. The highest BCUT2D eigenvalue weighted by molar-refractivity contribution is 6.07. The molecule has 0 saturated carbocycles. The van der Waals surface area contributed by atoms with E-state index in [1.807, 2.05) is 54.9 Å². The molecule has 2 heterocycles. The summed E-state index contributed by atoms with van der Waals surface area (Å²) in [5.41, 5.74) is 4.77. The maximum absolute atomic E-state index is 12.9. The number of nitrogens with one attached hydrogen (secondary N) is 1. The first-order valence-electron chi connectivity index (χ1n) is 9.46. The van der Waals surface area contributed by atoms with Crippen molar-refractivity contribution in [1.82, 2.24) is 9.78 Å². The minimum atomic E-state index is -0.404. The standard InChI is InChI=1S/C22H22N4O3/c1-15-12-16(2)26(24-15)14-17-6-5-7-18(13-17)21(27)23-19-8-3-4-9-20(19)25-10-11-29-22(25)28/h3-9,12-13H,10-11,14H2,1-2H3,(H,23,27). The minimum absolute atomic E-state index is 0.236. The van der Waals surface area contributed by atoms with Gasteiger partial charge in [0.2, 0.25) is 0 Å². The number of aromatic nitrogens is 2. The summed E-state index contributed by atoms with van der Waals surface area (Å²) in [7, 11) is 0. The number of anilines is 2. The fourth-order valence-corrected chi connectivity index (χ4v) is 3.44. The Kier molecular flexibility index (Phi) is 5.03. The molecule has 1 aliphatic heterocycles. The number of hydrogen-bond donors (Lipinski definition) is 1. The molecular formula is C22H22N4O3. The van der Waals surface area contributed by atoms with Crippen LogP contribution in [0.3, 0.4) is 0 Å². The molecule has 1 saturated heterocycles. The van der Waals surface area contributed by atoms with Crippen LogP contribution in [0.5, 0.6) is 0 Å². The van der Waals surface area contributed by atoms with Crippen molar-refractivity contribution in [1.29, 1.82) is 0 Å². The van der Waals surface area contributed by atoms with E-state index < -0.39 is 6.09 Å². The number of nitrogens with zero attached hydrogens (tertiary/aromatic N) is 3. The van der Waals surface area contributed by atoms with Crippen LogP contribution in [0.15, 0.2) is 54.6 Å². The summed E-state index contributed by atoms with van der Waals surface area (Å²) < 4.78 is 6.93. The Hall–Kier alpha value is -3.61. The Morgan fingerprint density at radius 2 is 1.97 bits per heavy atom. The van der Waals surface area contributed by atoms with E-state index in [9.17, 15) is 9.59 Å². The van der Waals surface area contributed by atoms with Crippen molar-refractivity contribution in [3.63, 3.8) is 0 Å². The van der Waals surface area contributed by atoms with Gasteiger partial charge in [-0.2, -0.15) is 5.10 Å². The van der Waals surface area contributed by atoms with Crippen molar-refractivity contribution in [3.8, 4) is 0 Å². The normalized spacial score (nSPS) is 13.4. The average molecular weight is 390 g/mol. The lowest BCUT2D eigenvalue weighted by atomic mass is 10.1. The number of benzene rings is 2. The van der Waals surface area contributed by atoms with Crippen LogP contribution in [0.2, 0.25) is 0 Å². The molecule has 1 aromatic heterocycles. The molecule has 2 amide bonds. The highest BCUT2D eigenvalue weighted by atomic mass is 16.6. The van der Waals surface area contributed by atoms with E-state index in [1.54, 1.807) is 18.2 Å². The monoisotopic (exact) mass is 390 g/mol. The molecule has 4 rings (SSSR count). The van der Waals surface area contributed by atoms with Gasteiger partial charge in [-0.1, -0.05) is 24.3 Å². The summed E-state index contributed by atoms with van der Waals surface area (Å²) in [4.78, 5) is 26.3. The number of aryl methyl sites for hydroxylation is 2. The number of ether oxygens (including phenoxy) is 1. The molecule has 0 bridgehead atoms. The van der Waals surface area contributed by atoms with Gasteiger partial charge < -0.3 is 10.1 Å². The lowest BCUT2D eigenvalue weighted by Crippen LogP contribution is -2.25. The van der Waals surface area contributed by atoms with E-state index in [4.69, 9.17) is 4.74 Å². The maximum Gasteiger partial charge on any atom is 0.414 e. The van der Waals surface area contributed by atoms with Crippen LogP contribution >= 0.6 is 0 Å². The Morgan fingerprint density at radius 1 is 1.14 bits per heavy atom. The van der Waals surface area contributed by atoms with Crippen LogP contribution < -0.4 is 10.2 Å². The van der Waals surface area contributed by atoms with Gasteiger partial charge in [0, 0.05) is 11.3 Å². The van der Waals surface area contributed by atoms with Gasteiger partial charge in [0.25, 0.3) is 5.91 Å². The van der Waals surface area contributed by atoms with Gasteiger partial charge >= 0.3 is 6.09 Å².